The number of aliphatic hydroxyl groups is 1. The molecule has 0 spiro atoms. The molecule has 0 radical (unpaired) electrons. The van der Waals surface area contributed by atoms with Gasteiger partial charge >= 0.3 is 0 Å². The zero-order valence-electron chi connectivity index (χ0n) is 14.6. The molecule has 1 aromatic carbocycles. The summed E-state index contributed by atoms with van der Waals surface area (Å²) in [4.78, 5) is 6.88. The number of β-amino-alcohol motifs (C(OH)–C–C–N with tert-alkyl or cyclic N) is 1. The molecule has 0 bridgehead atoms. The fraction of sp³-hybridized carbons (Fsp3) is 0.526. The number of aromatic nitrogens is 1. The molecule has 0 aliphatic carbocycles. The van der Waals surface area contributed by atoms with Gasteiger partial charge in [0, 0.05) is 30.4 Å². The van der Waals surface area contributed by atoms with E-state index in [9.17, 15) is 0 Å². The molecule has 2 aromatic rings. The molecular formula is C19H27N3O2. The molecule has 24 heavy (non-hydrogen) atoms. The summed E-state index contributed by atoms with van der Waals surface area (Å²) in [5.41, 5.74) is 3.23. The zero-order chi connectivity index (χ0) is 16.9. The summed E-state index contributed by atoms with van der Waals surface area (Å²) in [7, 11) is 1.68. The van der Waals surface area contributed by atoms with Crippen molar-refractivity contribution in [2.24, 2.45) is 5.92 Å². The van der Waals surface area contributed by atoms with Gasteiger partial charge in [-0.05, 0) is 50.4 Å². The third kappa shape index (κ3) is 3.62. The molecule has 0 amide bonds. The van der Waals surface area contributed by atoms with E-state index in [1.165, 1.54) is 12.8 Å². The molecule has 2 N–H and O–H groups in total. The Kier molecular flexibility index (Phi) is 5.53. The molecule has 0 atom stereocenters. The van der Waals surface area contributed by atoms with Crippen molar-refractivity contribution in [2.45, 2.75) is 19.8 Å². The number of aryl methyl sites for hydroxylation is 1. The van der Waals surface area contributed by atoms with Gasteiger partial charge in [-0.1, -0.05) is 12.1 Å². The van der Waals surface area contributed by atoms with Crippen molar-refractivity contribution in [2.75, 3.05) is 45.2 Å². The van der Waals surface area contributed by atoms with Crippen LogP contribution >= 0.6 is 0 Å². The summed E-state index contributed by atoms with van der Waals surface area (Å²) in [5, 5.41) is 13.8. The number of rotatable bonds is 6. The van der Waals surface area contributed by atoms with Crippen LogP contribution in [-0.4, -0.2) is 54.9 Å². The molecule has 1 saturated heterocycles. The Morgan fingerprint density at radius 1 is 1.33 bits per heavy atom. The monoisotopic (exact) mass is 329 g/mol. The van der Waals surface area contributed by atoms with Crippen LogP contribution in [0.2, 0.25) is 0 Å². The second-order valence-electron chi connectivity index (χ2n) is 6.56. The summed E-state index contributed by atoms with van der Waals surface area (Å²) < 4.78 is 5.44. The number of hydrogen-bond acceptors (Lipinski definition) is 5. The van der Waals surface area contributed by atoms with Crippen LogP contribution in [0.3, 0.4) is 0 Å². The van der Waals surface area contributed by atoms with Gasteiger partial charge in [0.2, 0.25) is 0 Å². The standard InChI is InChI=1S/C19H27N3O2/c1-14-12-20-19-16(4-3-5-17(19)24-2)18(14)21-13-15-6-8-22(9-7-15)10-11-23/h3-5,12,15,23H,6-11,13H2,1-2H3,(H,20,21). The van der Waals surface area contributed by atoms with Crippen LogP contribution in [0.15, 0.2) is 24.4 Å². The van der Waals surface area contributed by atoms with Gasteiger partial charge in [-0.25, -0.2) is 0 Å². The summed E-state index contributed by atoms with van der Waals surface area (Å²) in [6.45, 7) is 6.29. The minimum absolute atomic E-state index is 0.257. The van der Waals surface area contributed by atoms with Gasteiger partial charge in [0.15, 0.2) is 0 Å². The average Bonchev–Trinajstić information content (AvgIpc) is 2.61. The number of ether oxygens (including phenoxy) is 1. The van der Waals surface area contributed by atoms with E-state index in [2.05, 4.69) is 28.2 Å². The van der Waals surface area contributed by atoms with Crippen LogP contribution in [0, 0.1) is 12.8 Å². The van der Waals surface area contributed by atoms with E-state index in [1.54, 1.807) is 7.11 Å². The number of benzene rings is 1. The predicted molar refractivity (Wildman–Crippen MR) is 97.8 cm³/mol. The van der Waals surface area contributed by atoms with Crippen LogP contribution < -0.4 is 10.1 Å². The molecule has 1 aliphatic heterocycles. The van der Waals surface area contributed by atoms with Crippen LogP contribution in [0.4, 0.5) is 5.69 Å². The molecule has 2 heterocycles. The van der Waals surface area contributed by atoms with E-state index in [0.717, 1.165) is 54.1 Å². The summed E-state index contributed by atoms with van der Waals surface area (Å²) in [6, 6.07) is 6.07. The molecule has 1 aliphatic rings. The lowest BCUT2D eigenvalue weighted by Crippen LogP contribution is -2.37. The topological polar surface area (TPSA) is 57.6 Å². The number of para-hydroxylation sites is 1. The van der Waals surface area contributed by atoms with Gasteiger partial charge in [-0.3, -0.25) is 4.98 Å². The lowest BCUT2D eigenvalue weighted by atomic mass is 9.96. The van der Waals surface area contributed by atoms with Crippen molar-refractivity contribution in [3.05, 3.63) is 30.0 Å². The summed E-state index contributed by atoms with van der Waals surface area (Å²) in [5.74, 6) is 1.49. The number of likely N-dealkylation sites (tertiary alicyclic amines) is 1. The Hall–Kier alpha value is -1.85. The highest BCUT2D eigenvalue weighted by molar-refractivity contribution is 5.96. The van der Waals surface area contributed by atoms with Crippen LogP contribution in [0.5, 0.6) is 5.75 Å². The maximum atomic E-state index is 9.04. The summed E-state index contributed by atoms with van der Waals surface area (Å²) in [6.07, 6.45) is 4.27. The van der Waals surface area contributed by atoms with Crippen molar-refractivity contribution in [3.8, 4) is 5.75 Å². The highest BCUT2D eigenvalue weighted by Gasteiger charge is 2.19. The predicted octanol–water partition coefficient (Wildman–Crippen LogP) is 2.67. The fourth-order valence-electron chi connectivity index (χ4n) is 3.50. The van der Waals surface area contributed by atoms with Crippen molar-refractivity contribution in [1.82, 2.24) is 9.88 Å². The number of piperidine rings is 1. The lowest BCUT2D eigenvalue weighted by Gasteiger charge is -2.31. The minimum Gasteiger partial charge on any atom is -0.494 e. The first-order valence-electron chi connectivity index (χ1n) is 8.72. The number of aliphatic hydroxyl groups excluding tert-OH is 1. The Bertz CT molecular complexity index is 682. The third-order valence-corrected chi connectivity index (χ3v) is 4.96. The van der Waals surface area contributed by atoms with E-state index < -0.39 is 0 Å². The van der Waals surface area contributed by atoms with Gasteiger partial charge in [-0.15, -0.1) is 0 Å². The average molecular weight is 329 g/mol. The number of pyridine rings is 1. The quantitative estimate of drug-likeness (QED) is 0.853. The molecule has 130 valence electrons. The van der Waals surface area contributed by atoms with Gasteiger partial charge in [0.05, 0.1) is 13.7 Å². The first-order chi connectivity index (χ1) is 11.7. The van der Waals surface area contributed by atoms with Crippen LogP contribution in [0.25, 0.3) is 10.9 Å². The number of nitrogens with zero attached hydrogens (tertiary/aromatic N) is 2. The maximum absolute atomic E-state index is 9.04. The molecule has 3 rings (SSSR count). The van der Waals surface area contributed by atoms with E-state index in [0.29, 0.717) is 5.92 Å². The largest absolute Gasteiger partial charge is 0.494 e. The second kappa shape index (κ2) is 7.81. The third-order valence-electron chi connectivity index (χ3n) is 4.96. The van der Waals surface area contributed by atoms with E-state index in [4.69, 9.17) is 9.84 Å². The fourth-order valence-corrected chi connectivity index (χ4v) is 3.50. The molecule has 5 heteroatoms. The molecule has 0 unspecified atom stereocenters. The van der Waals surface area contributed by atoms with Gasteiger partial charge < -0.3 is 20.1 Å². The normalized spacial score (nSPS) is 16.5. The maximum Gasteiger partial charge on any atom is 0.145 e. The number of methoxy groups -OCH3 is 1. The minimum atomic E-state index is 0.257. The van der Waals surface area contributed by atoms with E-state index in [1.807, 2.05) is 18.3 Å². The number of anilines is 1. The van der Waals surface area contributed by atoms with Gasteiger partial charge in [0.1, 0.15) is 11.3 Å². The van der Waals surface area contributed by atoms with Crippen LogP contribution in [-0.2, 0) is 0 Å². The molecular weight excluding hydrogens is 302 g/mol. The Balaban J connectivity index is 1.70. The van der Waals surface area contributed by atoms with Crippen LogP contribution in [0.1, 0.15) is 18.4 Å². The Morgan fingerprint density at radius 3 is 2.83 bits per heavy atom. The molecule has 1 fully saturated rings. The number of nitrogens with one attached hydrogen (secondary N) is 1. The zero-order valence-corrected chi connectivity index (χ0v) is 14.6. The number of fused-ring (bicyclic) bond motifs is 1. The van der Waals surface area contributed by atoms with E-state index >= 15 is 0 Å². The van der Waals surface area contributed by atoms with Gasteiger partial charge in [0.25, 0.3) is 0 Å². The van der Waals surface area contributed by atoms with E-state index in [-0.39, 0.29) is 6.61 Å². The van der Waals surface area contributed by atoms with Crippen molar-refractivity contribution >= 4 is 16.6 Å². The molecule has 5 nitrogen and oxygen atoms in total. The first-order valence-corrected chi connectivity index (χ1v) is 8.72. The second-order valence-corrected chi connectivity index (χ2v) is 6.56. The van der Waals surface area contributed by atoms with Crippen molar-refractivity contribution in [3.63, 3.8) is 0 Å². The SMILES string of the molecule is COc1cccc2c(NCC3CCN(CCO)CC3)c(C)cnc12. The lowest BCUT2D eigenvalue weighted by molar-refractivity contribution is 0.151. The number of hydrogen-bond donors (Lipinski definition) is 2. The first kappa shape index (κ1) is 17.0. The van der Waals surface area contributed by atoms with Gasteiger partial charge in [-0.2, -0.15) is 0 Å². The van der Waals surface area contributed by atoms with Crippen molar-refractivity contribution in [1.29, 1.82) is 0 Å². The van der Waals surface area contributed by atoms with Crippen molar-refractivity contribution < 1.29 is 9.84 Å². The smallest absolute Gasteiger partial charge is 0.145 e. The highest BCUT2D eigenvalue weighted by Crippen LogP contribution is 2.31. The summed E-state index contributed by atoms with van der Waals surface area (Å²) >= 11 is 0. The Labute approximate surface area is 143 Å². The molecule has 0 saturated carbocycles. The Morgan fingerprint density at radius 2 is 2.12 bits per heavy atom. The highest BCUT2D eigenvalue weighted by atomic mass is 16.5. The molecule has 1 aromatic heterocycles.